The van der Waals surface area contributed by atoms with Gasteiger partial charge in [-0.15, -0.1) is 0 Å². The molecule has 0 saturated carbocycles. The van der Waals surface area contributed by atoms with Crippen LogP contribution in [0.2, 0.25) is 5.02 Å². The minimum atomic E-state index is -1.46. The highest BCUT2D eigenvalue weighted by atomic mass is 35.5. The summed E-state index contributed by atoms with van der Waals surface area (Å²) < 4.78 is 18.2. The van der Waals surface area contributed by atoms with Crippen molar-refractivity contribution in [3.63, 3.8) is 0 Å². The van der Waals surface area contributed by atoms with Crippen molar-refractivity contribution in [1.82, 2.24) is 0 Å². The summed E-state index contributed by atoms with van der Waals surface area (Å²) in [6.45, 7) is 5.40. The fraction of sp³-hybridized carbons (Fsp3) is 0.533. The highest BCUT2D eigenvalue weighted by molar-refractivity contribution is 6.30. The van der Waals surface area contributed by atoms with E-state index in [-0.39, 0.29) is 11.6 Å². The van der Waals surface area contributed by atoms with Crippen molar-refractivity contribution in [1.29, 1.82) is 0 Å². The first-order chi connectivity index (χ1) is 9.34. The van der Waals surface area contributed by atoms with Gasteiger partial charge in [-0.2, -0.15) is 0 Å². The molecule has 2 unspecified atom stereocenters. The fourth-order valence-electron chi connectivity index (χ4n) is 2.17. The third-order valence-electron chi connectivity index (χ3n) is 3.33. The lowest BCUT2D eigenvalue weighted by Crippen LogP contribution is -2.38. The zero-order valence-corrected chi connectivity index (χ0v) is 12.7. The Labute approximate surface area is 123 Å². The molecule has 0 spiro atoms. The summed E-state index contributed by atoms with van der Waals surface area (Å²) in [5.74, 6) is -1.73. The van der Waals surface area contributed by atoms with Crippen LogP contribution in [0.15, 0.2) is 18.2 Å². The summed E-state index contributed by atoms with van der Waals surface area (Å²) in [6.07, 6.45) is 1.19. The quantitative estimate of drug-likeness (QED) is 0.816. The van der Waals surface area contributed by atoms with Crippen LogP contribution in [0.1, 0.15) is 39.2 Å². The second kappa shape index (κ2) is 7.04. The maximum atomic E-state index is 13.2. The van der Waals surface area contributed by atoms with Crippen molar-refractivity contribution >= 4 is 17.6 Å². The lowest BCUT2D eigenvalue weighted by atomic mass is 9.80. The van der Waals surface area contributed by atoms with E-state index >= 15 is 0 Å². The van der Waals surface area contributed by atoms with Crippen LogP contribution in [-0.2, 0) is 15.1 Å². The van der Waals surface area contributed by atoms with Crippen molar-refractivity contribution in [2.75, 3.05) is 6.61 Å². The maximum absolute atomic E-state index is 13.2. The molecule has 0 amide bonds. The highest BCUT2D eigenvalue weighted by Crippen LogP contribution is 2.35. The Morgan fingerprint density at radius 2 is 2.15 bits per heavy atom. The zero-order chi connectivity index (χ0) is 15.3. The number of rotatable bonds is 6. The van der Waals surface area contributed by atoms with Crippen LogP contribution >= 0.6 is 11.6 Å². The molecule has 0 heterocycles. The van der Waals surface area contributed by atoms with Gasteiger partial charge in [0.25, 0.3) is 0 Å². The molecule has 2 atom stereocenters. The van der Waals surface area contributed by atoms with Gasteiger partial charge in [0, 0.05) is 0 Å². The second-order valence-electron chi connectivity index (χ2n) is 4.87. The highest BCUT2D eigenvalue weighted by Gasteiger charge is 2.39. The Bertz CT molecular complexity index is 474. The molecule has 1 aromatic rings. The predicted octanol–water partition coefficient (Wildman–Crippen LogP) is 3.67. The van der Waals surface area contributed by atoms with E-state index in [1.165, 1.54) is 25.1 Å². The van der Waals surface area contributed by atoms with E-state index in [0.717, 1.165) is 0 Å². The number of carbonyl (C=O) groups is 1. The Morgan fingerprint density at radius 3 is 2.65 bits per heavy atom. The van der Waals surface area contributed by atoms with Crippen molar-refractivity contribution in [2.45, 2.75) is 39.2 Å². The largest absolute Gasteiger partial charge is 0.466 e. The van der Waals surface area contributed by atoms with Gasteiger partial charge in [0.2, 0.25) is 0 Å². The molecule has 0 aliphatic rings. The van der Waals surface area contributed by atoms with Gasteiger partial charge in [-0.1, -0.05) is 31.0 Å². The molecular formula is C15H20ClFO3. The van der Waals surface area contributed by atoms with E-state index < -0.39 is 23.3 Å². The molecule has 1 N–H and O–H groups in total. The second-order valence-corrected chi connectivity index (χ2v) is 5.28. The van der Waals surface area contributed by atoms with Crippen molar-refractivity contribution in [3.05, 3.63) is 34.6 Å². The maximum Gasteiger partial charge on any atom is 0.312 e. The van der Waals surface area contributed by atoms with Crippen LogP contribution in [0.5, 0.6) is 0 Å². The van der Waals surface area contributed by atoms with E-state index in [9.17, 15) is 14.3 Å². The number of hydrogen-bond donors (Lipinski definition) is 1. The molecular weight excluding hydrogens is 283 g/mol. The van der Waals surface area contributed by atoms with E-state index in [1.54, 1.807) is 6.92 Å². The Balaban J connectivity index is 3.13. The number of carbonyl (C=O) groups excluding carboxylic acids is 1. The Kier molecular flexibility index (Phi) is 5.96. The minimum Gasteiger partial charge on any atom is -0.466 e. The van der Waals surface area contributed by atoms with Crippen LogP contribution in [0.25, 0.3) is 0 Å². The monoisotopic (exact) mass is 302 g/mol. The number of aliphatic hydroxyl groups is 1. The standard InChI is InChI=1S/C15H20ClFO3/c1-4-6-11(14(18)20-5-2)15(3,19)10-7-8-13(17)12(16)9-10/h7-9,11,19H,4-6H2,1-3H3. The minimum absolute atomic E-state index is 0.0816. The molecule has 0 saturated heterocycles. The first kappa shape index (κ1) is 16.9. The number of benzene rings is 1. The van der Waals surface area contributed by atoms with Gasteiger partial charge in [-0.05, 0) is 38.0 Å². The first-order valence-corrected chi connectivity index (χ1v) is 7.06. The van der Waals surface area contributed by atoms with E-state index in [0.29, 0.717) is 18.4 Å². The first-order valence-electron chi connectivity index (χ1n) is 6.69. The van der Waals surface area contributed by atoms with E-state index in [2.05, 4.69) is 0 Å². The van der Waals surface area contributed by atoms with Gasteiger partial charge in [-0.3, -0.25) is 4.79 Å². The van der Waals surface area contributed by atoms with Crippen LogP contribution in [-0.4, -0.2) is 17.7 Å². The third kappa shape index (κ3) is 3.70. The number of esters is 1. The molecule has 1 rings (SSSR count). The van der Waals surface area contributed by atoms with Crippen LogP contribution in [0.4, 0.5) is 4.39 Å². The van der Waals surface area contributed by atoms with Crippen molar-refractivity contribution < 1.29 is 19.0 Å². The van der Waals surface area contributed by atoms with Gasteiger partial charge in [0.1, 0.15) is 11.4 Å². The average Bonchev–Trinajstić information content (AvgIpc) is 2.39. The van der Waals surface area contributed by atoms with E-state index in [4.69, 9.17) is 16.3 Å². The van der Waals surface area contributed by atoms with Crippen molar-refractivity contribution in [3.8, 4) is 0 Å². The molecule has 0 bridgehead atoms. The topological polar surface area (TPSA) is 46.5 Å². The average molecular weight is 303 g/mol. The van der Waals surface area contributed by atoms with Gasteiger partial charge < -0.3 is 9.84 Å². The third-order valence-corrected chi connectivity index (χ3v) is 3.62. The lowest BCUT2D eigenvalue weighted by Gasteiger charge is -2.31. The summed E-state index contributed by atoms with van der Waals surface area (Å²) in [6, 6.07) is 3.96. The molecule has 20 heavy (non-hydrogen) atoms. The Morgan fingerprint density at radius 1 is 1.50 bits per heavy atom. The normalized spacial score (nSPS) is 15.5. The molecule has 0 aromatic heterocycles. The predicted molar refractivity (Wildman–Crippen MR) is 76.0 cm³/mol. The smallest absolute Gasteiger partial charge is 0.312 e. The summed E-state index contributed by atoms with van der Waals surface area (Å²) in [7, 11) is 0. The van der Waals surface area contributed by atoms with Crippen molar-refractivity contribution in [2.24, 2.45) is 5.92 Å². The molecule has 0 aliphatic carbocycles. The number of halogens is 2. The van der Waals surface area contributed by atoms with Crippen LogP contribution in [0.3, 0.4) is 0 Å². The number of hydrogen-bond acceptors (Lipinski definition) is 3. The molecule has 0 aliphatic heterocycles. The summed E-state index contributed by atoms with van der Waals surface area (Å²) >= 11 is 5.74. The molecule has 5 heteroatoms. The summed E-state index contributed by atoms with van der Waals surface area (Å²) in [4.78, 5) is 12.0. The summed E-state index contributed by atoms with van der Waals surface area (Å²) in [5, 5.41) is 10.6. The van der Waals surface area contributed by atoms with E-state index in [1.807, 2.05) is 6.92 Å². The SMILES string of the molecule is CCCC(C(=O)OCC)C(C)(O)c1ccc(F)c(Cl)c1. The van der Waals surface area contributed by atoms with Gasteiger partial charge >= 0.3 is 5.97 Å². The van der Waals surface area contributed by atoms with Gasteiger partial charge in [0.15, 0.2) is 0 Å². The fourth-order valence-corrected chi connectivity index (χ4v) is 2.35. The van der Waals surface area contributed by atoms with Crippen LogP contribution in [0, 0.1) is 11.7 Å². The molecule has 0 fully saturated rings. The number of ether oxygens (including phenoxy) is 1. The molecule has 0 radical (unpaired) electrons. The van der Waals surface area contributed by atoms with Crippen LogP contribution < -0.4 is 0 Å². The zero-order valence-electron chi connectivity index (χ0n) is 12.0. The van der Waals surface area contributed by atoms with Gasteiger partial charge in [0.05, 0.1) is 17.5 Å². The Hall–Kier alpha value is -1.13. The molecule has 112 valence electrons. The molecule has 3 nitrogen and oxygen atoms in total. The lowest BCUT2D eigenvalue weighted by molar-refractivity contribution is -0.158. The molecule has 1 aromatic carbocycles. The summed E-state index contributed by atoms with van der Waals surface area (Å²) in [5.41, 5.74) is -1.06. The van der Waals surface area contributed by atoms with Gasteiger partial charge in [-0.25, -0.2) is 4.39 Å².